The first-order valence-electron chi connectivity index (χ1n) is 6.76. The van der Waals surface area contributed by atoms with E-state index in [4.69, 9.17) is 0 Å². The van der Waals surface area contributed by atoms with Crippen LogP contribution in [0.1, 0.15) is 17.5 Å². The lowest BCUT2D eigenvalue weighted by Crippen LogP contribution is -2.24. The summed E-state index contributed by atoms with van der Waals surface area (Å²) in [5, 5.41) is 12.8. The molecule has 0 fully saturated rings. The summed E-state index contributed by atoms with van der Waals surface area (Å²) in [5.41, 5.74) is 3.62. The van der Waals surface area contributed by atoms with Gasteiger partial charge in [0.05, 0.1) is 6.61 Å². The van der Waals surface area contributed by atoms with Crippen LogP contribution >= 0.6 is 0 Å². The Labute approximate surface area is 115 Å². The molecule has 2 heteroatoms. The zero-order chi connectivity index (χ0) is 13.5. The Bertz CT molecular complexity index is 478. The molecule has 2 aromatic rings. The molecule has 0 heterocycles. The lowest BCUT2D eigenvalue weighted by molar-refractivity contribution is 0.269. The minimum absolute atomic E-state index is 0.0999. The molecule has 100 valence electrons. The predicted octanol–water partition coefficient (Wildman–Crippen LogP) is 3.40. The quantitative estimate of drug-likeness (QED) is 0.829. The smallest absolute Gasteiger partial charge is 0.0632 e. The van der Waals surface area contributed by atoms with Gasteiger partial charge in [-0.1, -0.05) is 48.0 Å². The van der Waals surface area contributed by atoms with E-state index in [1.165, 1.54) is 11.1 Å². The zero-order valence-corrected chi connectivity index (χ0v) is 11.3. The van der Waals surface area contributed by atoms with E-state index in [1.807, 2.05) is 6.07 Å². The zero-order valence-electron chi connectivity index (χ0n) is 11.3. The number of anilines is 1. The van der Waals surface area contributed by atoms with Gasteiger partial charge in [0.15, 0.2) is 0 Å². The first-order chi connectivity index (χ1) is 9.28. The molecule has 0 amide bonds. The van der Waals surface area contributed by atoms with Crippen LogP contribution in [0.25, 0.3) is 0 Å². The molecule has 0 aliphatic rings. The van der Waals surface area contributed by atoms with E-state index in [1.54, 1.807) is 0 Å². The molecule has 0 radical (unpaired) electrons. The highest BCUT2D eigenvalue weighted by Gasteiger charge is 2.07. The normalized spacial score (nSPS) is 12.1. The monoisotopic (exact) mass is 255 g/mol. The molecule has 2 aromatic carbocycles. The summed E-state index contributed by atoms with van der Waals surface area (Å²) in [5.74, 6) is 0. The van der Waals surface area contributed by atoms with Crippen LogP contribution in [0.4, 0.5) is 5.69 Å². The van der Waals surface area contributed by atoms with Crippen molar-refractivity contribution in [2.45, 2.75) is 25.8 Å². The molecule has 0 aliphatic heterocycles. The Morgan fingerprint density at radius 3 is 2.32 bits per heavy atom. The van der Waals surface area contributed by atoms with Crippen LogP contribution < -0.4 is 5.32 Å². The Morgan fingerprint density at radius 2 is 1.68 bits per heavy atom. The summed E-state index contributed by atoms with van der Waals surface area (Å²) in [7, 11) is 0. The van der Waals surface area contributed by atoms with E-state index < -0.39 is 0 Å². The molecule has 1 unspecified atom stereocenters. The van der Waals surface area contributed by atoms with Crippen LogP contribution in [0.3, 0.4) is 0 Å². The van der Waals surface area contributed by atoms with Crippen molar-refractivity contribution in [3.8, 4) is 0 Å². The van der Waals surface area contributed by atoms with Gasteiger partial charge in [-0.2, -0.15) is 0 Å². The molecule has 0 aromatic heterocycles. The molecule has 1 atom stereocenters. The maximum atomic E-state index is 9.46. The minimum Gasteiger partial charge on any atom is -0.394 e. The van der Waals surface area contributed by atoms with Gasteiger partial charge in [-0.25, -0.2) is 0 Å². The van der Waals surface area contributed by atoms with Crippen molar-refractivity contribution in [1.29, 1.82) is 0 Å². The summed E-state index contributed by atoms with van der Waals surface area (Å²) in [6.45, 7) is 2.23. The van der Waals surface area contributed by atoms with Crippen LogP contribution in [0.5, 0.6) is 0 Å². The molecule has 19 heavy (non-hydrogen) atoms. The van der Waals surface area contributed by atoms with Gasteiger partial charge in [-0.05, 0) is 37.5 Å². The maximum Gasteiger partial charge on any atom is 0.0632 e. The van der Waals surface area contributed by atoms with E-state index >= 15 is 0 Å². The standard InChI is InChI=1S/C17H21NO/c1-14-7-10-16(11-8-14)18-17(13-19)12-9-15-5-3-2-4-6-15/h2-8,10-11,17-19H,9,12-13H2,1H3. The minimum atomic E-state index is 0.0999. The van der Waals surface area contributed by atoms with E-state index in [2.05, 4.69) is 60.8 Å². The van der Waals surface area contributed by atoms with Gasteiger partial charge in [0, 0.05) is 11.7 Å². The highest BCUT2D eigenvalue weighted by Crippen LogP contribution is 2.13. The van der Waals surface area contributed by atoms with Crippen molar-refractivity contribution in [1.82, 2.24) is 0 Å². The summed E-state index contributed by atoms with van der Waals surface area (Å²) >= 11 is 0. The molecule has 2 rings (SSSR count). The number of nitrogens with one attached hydrogen (secondary N) is 1. The summed E-state index contributed by atoms with van der Waals surface area (Å²) in [6, 6.07) is 18.7. The molecule has 2 nitrogen and oxygen atoms in total. The van der Waals surface area contributed by atoms with Gasteiger partial charge in [0.25, 0.3) is 0 Å². The van der Waals surface area contributed by atoms with Crippen LogP contribution in [0, 0.1) is 6.92 Å². The van der Waals surface area contributed by atoms with E-state index in [-0.39, 0.29) is 12.6 Å². The Balaban J connectivity index is 1.88. The highest BCUT2D eigenvalue weighted by atomic mass is 16.3. The predicted molar refractivity (Wildman–Crippen MR) is 80.4 cm³/mol. The van der Waals surface area contributed by atoms with Gasteiger partial charge < -0.3 is 10.4 Å². The van der Waals surface area contributed by atoms with Crippen LogP contribution in [-0.2, 0) is 6.42 Å². The first kappa shape index (κ1) is 13.6. The van der Waals surface area contributed by atoms with E-state index in [0.717, 1.165) is 18.5 Å². The lowest BCUT2D eigenvalue weighted by Gasteiger charge is -2.17. The number of rotatable bonds is 6. The lowest BCUT2D eigenvalue weighted by atomic mass is 10.1. The van der Waals surface area contributed by atoms with Crippen molar-refractivity contribution in [2.75, 3.05) is 11.9 Å². The van der Waals surface area contributed by atoms with Gasteiger partial charge in [0.2, 0.25) is 0 Å². The second-order valence-corrected chi connectivity index (χ2v) is 4.91. The van der Waals surface area contributed by atoms with Gasteiger partial charge in [-0.3, -0.25) is 0 Å². The van der Waals surface area contributed by atoms with Crippen LogP contribution in [-0.4, -0.2) is 17.8 Å². The van der Waals surface area contributed by atoms with E-state index in [9.17, 15) is 5.11 Å². The average Bonchev–Trinajstić information content (AvgIpc) is 2.46. The number of aryl methyl sites for hydroxylation is 2. The second kappa shape index (κ2) is 6.95. The van der Waals surface area contributed by atoms with Crippen LogP contribution in [0.15, 0.2) is 54.6 Å². The average molecular weight is 255 g/mol. The van der Waals surface area contributed by atoms with Crippen molar-refractivity contribution >= 4 is 5.69 Å². The molecule has 0 saturated carbocycles. The number of benzene rings is 2. The Morgan fingerprint density at radius 1 is 1.00 bits per heavy atom. The number of aliphatic hydroxyl groups excluding tert-OH is 1. The summed E-state index contributed by atoms with van der Waals surface area (Å²) < 4.78 is 0. The van der Waals surface area contributed by atoms with Crippen molar-refractivity contribution < 1.29 is 5.11 Å². The first-order valence-corrected chi connectivity index (χ1v) is 6.76. The fourth-order valence-electron chi connectivity index (χ4n) is 2.08. The largest absolute Gasteiger partial charge is 0.394 e. The summed E-state index contributed by atoms with van der Waals surface area (Å²) in [6.07, 6.45) is 1.90. The molecule has 0 spiro atoms. The fourth-order valence-corrected chi connectivity index (χ4v) is 2.08. The number of hydrogen-bond acceptors (Lipinski definition) is 2. The third-order valence-corrected chi connectivity index (χ3v) is 3.27. The molecule has 0 aliphatic carbocycles. The van der Waals surface area contributed by atoms with Crippen molar-refractivity contribution in [2.24, 2.45) is 0 Å². The van der Waals surface area contributed by atoms with E-state index in [0.29, 0.717) is 0 Å². The third-order valence-electron chi connectivity index (χ3n) is 3.27. The topological polar surface area (TPSA) is 32.3 Å². The summed E-state index contributed by atoms with van der Waals surface area (Å²) in [4.78, 5) is 0. The molecular weight excluding hydrogens is 234 g/mol. The number of hydrogen-bond donors (Lipinski definition) is 2. The molecule has 0 saturated heterocycles. The van der Waals surface area contributed by atoms with Crippen LogP contribution in [0.2, 0.25) is 0 Å². The number of aliphatic hydroxyl groups is 1. The highest BCUT2D eigenvalue weighted by molar-refractivity contribution is 5.45. The molecule has 2 N–H and O–H groups in total. The molecule has 0 bridgehead atoms. The molecular formula is C17H21NO. The Hall–Kier alpha value is -1.80. The Kier molecular flexibility index (Phi) is 4.99. The van der Waals surface area contributed by atoms with Gasteiger partial charge >= 0.3 is 0 Å². The third kappa shape index (κ3) is 4.42. The van der Waals surface area contributed by atoms with Crippen molar-refractivity contribution in [3.63, 3.8) is 0 Å². The van der Waals surface area contributed by atoms with Gasteiger partial charge in [0.1, 0.15) is 0 Å². The fraction of sp³-hybridized carbons (Fsp3) is 0.294. The maximum absolute atomic E-state index is 9.46. The van der Waals surface area contributed by atoms with Crippen molar-refractivity contribution in [3.05, 3.63) is 65.7 Å². The SMILES string of the molecule is Cc1ccc(NC(CO)CCc2ccccc2)cc1. The van der Waals surface area contributed by atoms with Gasteiger partial charge in [-0.15, -0.1) is 0 Å². The second-order valence-electron chi connectivity index (χ2n) is 4.91.